The van der Waals surface area contributed by atoms with Gasteiger partial charge in [-0.2, -0.15) is 0 Å². The molecule has 0 fully saturated rings. The van der Waals surface area contributed by atoms with Crippen molar-refractivity contribution in [3.8, 4) is 0 Å². The van der Waals surface area contributed by atoms with Crippen molar-refractivity contribution in [2.24, 2.45) is 10.9 Å². The number of rotatable bonds is 3. The van der Waals surface area contributed by atoms with Gasteiger partial charge in [0.05, 0.1) is 10.6 Å². The van der Waals surface area contributed by atoms with Crippen LogP contribution in [0.25, 0.3) is 0 Å². The molecule has 0 N–H and O–H groups in total. The number of allylic oxidation sites excluding steroid dienone is 4. The van der Waals surface area contributed by atoms with Gasteiger partial charge < -0.3 is 0 Å². The smallest absolute Gasteiger partial charge is 0.277 e. The molecule has 118 valence electrons. The number of carbonyl (C=O) groups is 2. The van der Waals surface area contributed by atoms with E-state index in [-0.39, 0.29) is 23.0 Å². The van der Waals surface area contributed by atoms with E-state index in [2.05, 4.69) is 4.99 Å². The molecule has 6 nitrogen and oxygen atoms in total. The second kappa shape index (κ2) is 6.48. The Balaban J connectivity index is 2.41. The molecule has 0 atom stereocenters. The molecule has 1 aliphatic carbocycles. The molecule has 0 unspecified atom stereocenters. The Kier molecular flexibility index (Phi) is 4.64. The maximum atomic E-state index is 12.3. The Morgan fingerprint density at radius 1 is 1.26 bits per heavy atom. The summed E-state index contributed by atoms with van der Waals surface area (Å²) in [5.74, 6) is -0.649. The van der Waals surface area contributed by atoms with E-state index in [1.165, 1.54) is 30.3 Å². The van der Waals surface area contributed by atoms with Crippen molar-refractivity contribution in [2.75, 3.05) is 0 Å². The van der Waals surface area contributed by atoms with Crippen LogP contribution in [0.15, 0.2) is 52.6 Å². The number of hydrogen-bond donors (Lipinski definition) is 0. The fourth-order valence-corrected chi connectivity index (χ4v) is 2.17. The molecule has 0 radical (unpaired) electrons. The lowest BCUT2D eigenvalue weighted by atomic mass is 9.90. The second-order valence-electron chi connectivity index (χ2n) is 5.56. The number of hydrogen-bond acceptors (Lipinski definition) is 4. The van der Waals surface area contributed by atoms with Crippen LogP contribution < -0.4 is 0 Å². The Morgan fingerprint density at radius 2 is 1.96 bits per heavy atom. The molecule has 6 heteroatoms. The van der Waals surface area contributed by atoms with Gasteiger partial charge in [-0.25, -0.2) is 4.99 Å². The molecule has 1 aromatic rings. The minimum absolute atomic E-state index is 0.0277. The maximum Gasteiger partial charge on any atom is 0.277 e. The zero-order valence-electron chi connectivity index (χ0n) is 13.1. The molecular weight excluding hydrogens is 296 g/mol. The van der Waals surface area contributed by atoms with Crippen LogP contribution in [-0.4, -0.2) is 22.3 Å². The van der Waals surface area contributed by atoms with E-state index in [0.717, 1.165) is 0 Å². The van der Waals surface area contributed by atoms with Crippen LogP contribution in [0.2, 0.25) is 0 Å². The number of nitrogens with zero attached hydrogens (tertiary/aromatic N) is 2. The molecular formula is C17H16N2O4. The summed E-state index contributed by atoms with van der Waals surface area (Å²) in [6.07, 6.45) is 3.06. The quantitative estimate of drug-likeness (QED) is 0.486. The van der Waals surface area contributed by atoms with Gasteiger partial charge in [0.15, 0.2) is 5.78 Å². The van der Waals surface area contributed by atoms with E-state index >= 15 is 0 Å². The molecule has 2 rings (SSSR count). The maximum absolute atomic E-state index is 12.3. The zero-order valence-corrected chi connectivity index (χ0v) is 13.1. The van der Waals surface area contributed by atoms with Gasteiger partial charge in [0.25, 0.3) is 11.6 Å². The second-order valence-corrected chi connectivity index (χ2v) is 5.56. The van der Waals surface area contributed by atoms with Gasteiger partial charge in [-0.1, -0.05) is 19.9 Å². The van der Waals surface area contributed by atoms with Crippen molar-refractivity contribution in [2.45, 2.75) is 20.8 Å². The number of amides is 1. The SMILES string of the molecule is CC1=CC(=NC(=O)c2cccc([N+](=O)[O-])c2)C(C(C)C)=CC1=O. The van der Waals surface area contributed by atoms with Gasteiger partial charge in [-0.05, 0) is 42.2 Å². The summed E-state index contributed by atoms with van der Waals surface area (Å²) < 4.78 is 0. The first kappa shape index (κ1) is 16.5. The Morgan fingerprint density at radius 3 is 2.57 bits per heavy atom. The number of ketones is 1. The van der Waals surface area contributed by atoms with Crippen molar-refractivity contribution in [3.05, 3.63) is 63.2 Å². The van der Waals surface area contributed by atoms with Crippen molar-refractivity contribution in [3.63, 3.8) is 0 Å². The monoisotopic (exact) mass is 312 g/mol. The fraction of sp³-hybridized carbons (Fsp3) is 0.235. The fourth-order valence-electron chi connectivity index (χ4n) is 2.17. The molecule has 0 bridgehead atoms. The standard InChI is InChI=1S/C17H16N2O4/c1-10(2)14-9-16(20)11(3)7-15(14)18-17(21)12-5-4-6-13(8-12)19(22)23/h4-10H,1-3H3. The minimum Gasteiger partial charge on any atom is -0.290 e. The van der Waals surface area contributed by atoms with Gasteiger partial charge in [-0.3, -0.25) is 19.7 Å². The van der Waals surface area contributed by atoms with Crippen LogP contribution in [0.5, 0.6) is 0 Å². The highest BCUT2D eigenvalue weighted by molar-refractivity contribution is 6.24. The third-order valence-electron chi connectivity index (χ3n) is 3.47. The topological polar surface area (TPSA) is 89.6 Å². The van der Waals surface area contributed by atoms with Crippen LogP contribution in [0, 0.1) is 16.0 Å². The van der Waals surface area contributed by atoms with E-state index in [1.807, 2.05) is 13.8 Å². The van der Waals surface area contributed by atoms with Crippen LogP contribution >= 0.6 is 0 Å². The normalized spacial score (nSPS) is 16.3. The van der Waals surface area contributed by atoms with Gasteiger partial charge in [-0.15, -0.1) is 0 Å². The van der Waals surface area contributed by atoms with Crippen LogP contribution in [-0.2, 0) is 4.79 Å². The molecule has 23 heavy (non-hydrogen) atoms. The zero-order chi connectivity index (χ0) is 17.1. The van der Waals surface area contributed by atoms with Crippen molar-refractivity contribution in [1.82, 2.24) is 0 Å². The first-order valence-electron chi connectivity index (χ1n) is 7.11. The molecule has 0 spiro atoms. The predicted octanol–water partition coefficient (Wildman–Crippen LogP) is 3.29. The van der Waals surface area contributed by atoms with Gasteiger partial charge in [0, 0.05) is 17.7 Å². The number of non-ortho nitro benzene ring substituents is 1. The lowest BCUT2D eigenvalue weighted by Crippen LogP contribution is -2.17. The molecule has 0 saturated heterocycles. The number of benzene rings is 1. The largest absolute Gasteiger partial charge is 0.290 e. The Labute approximate surface area is 133 Å². The summed E-state index contributed by atoms with van der Waals surface area (Å²) in [6, 6.07) is 5.42. The number of carbonyl (C=O) groups excluding carboxylic acids is 2. The van der Waals surface area contributed by atoms with E-state index in [1.54, 1.807) is 13.0 Å². The van der Waals surface area contributed by atoms with Crippen molar-refractivity contribution < 1.29 is 14.5 Å². The van der Waals surface area contributed by atoms with E-state index in [0.29, 0.717) is 16.9 Å². The summed E-state index contributed by atoms with van der Waals surface area (Å²) >= 11 is 0. The predicted molar refractivity (Wildman–Crippen MR) is 86.5 cm³/mol. The van der Waals surface area contributed by atoms with E-state index in [4.69, 9.17) is 0 Å². The number of nitro groups is 1. The van der Waals surface area contributed by atoms with Crippen LogP contribution in [0.1, 0.15) is 31.1 Å². The van der Waals surface area contributed by atoms with Crippen LogP contribution in [0.4, 0.5) is 5.69 Å². The van der Waals surface area contributed by atoms with Crippen LogP contribution in [0.3, 0.4) is 0 Å². The minimum atomic E-state index is -0.575. The molecule has 1 aliphatic rings. The number of nitro benzene ring substituents is 1. The lowest BCUT2D eigenvalue weighted by molar-refractivity contribution is -0.384. The van der Waals surface area contributed by atoms with Crippen molar-refractivity contribution >= 4 is 23.1 Å². The highest BCUT2D eigenvalue weighted by Gasteiger charge is 2.20. The highest BCUT2D eigenvalue weighted by Crippen LogP contribution is 2.21. The average Bonchev–Trinajstić information content (AvgIpc) is 2.50. The summed E-state index contributed by atoms with van der Waals surface area (Å²) in [5.41, 5.74) is 1.58. The summed E-state index contributed by atoms with van der Waals surface area (Å²) in [7, 11) is 0. The highest BCUT2D eigenvalue weighted by atomic mass is 16.6. The van der Waals surface area contributed by atoms with Gasteiger partial charge in [0.2, 0.25) is 0 Å². The average molecular weight is 312 g/mol. The molecule has 0 heterocycles. The van der Waals surface area contributed by atoms with Gasteiger partial charge >= 0.3 is 0 Å². The van der Waals surface area contributed by atoms with Gasteiger partial charge in [0.1, 0.15) is 0 Å². The third-order valence-corrected chi connectivity index (χ3v) is 3.47. The summed E-state index contributed by atoms with van der Waals surface area (Å²) in [5, 5.41) is 10.8. The Hall–Kier alpha value is -2.89. The molecule has 1 amide bonds. The summed E-state index contributed by atoms with van der Waals surface area (Å²) in [4.78, 5) is 38.3. The molecule has 0 saturated carbocycles. The molecule has 0 aliphatic heterocycles. The number of aliphatic imine (C=N–C) groups is 1. The van der Waals surface area contributed by atoms with Crippen molar-refractivity contribution in [1.29, 1.82) is 0 Å². The first-order valence-corrected chi connectivity index (χ1v) is 7.11. The lowest BCUT2D eigenvalue weighted by Gasteiger charge is -2.16. The van der Waals surface area contributed by atoms with E-state index in [9.17, 15) is 19.7 Å². The summed E-state index contributed by atoms with van der Waals surface area (Å²) in [6.45, 7) is 5.46. The third kappa shape index (κ3) is 3.66. The molecule has 0 aromatic heterocycles. The first-order chi connectivity index (χ1) is 10.8. The Bertz CT molecular complexity index is 786. The molecule has 1 aromatic carbocycles. The van der Waals surface area contributed by atoms with E-state index < -0.39 is 10.8 Å².